The predicted octanol–water partition coefficient (Wildman–Crippen LogP) is 3.61. The Morgan fingerprint density at radius 1 is 1.08 bits per heavy atom. The van der Waals surface area contributed by atoms with Crippen LogP contribution in [0.3, 0.4) is 0 Å². The van der Waals surface area contributed by atoms with Gasteiger partial charge >= 0.3 is 12.0 Å². The van der Waals surface area contributed by atoms with Gasteiger partial charge in [0, 0.05) is 38.2 Å². The molecule has 0 radical (unpaired) electrons. The normalized spacial score (nSPS) is 18.6. The Morgan fingerprint density at radius 3 is 2.53 bits per heavy atom. The molecule has 3 aromatic rings. The number of aliphatic hydroxyl groups excluding tert-OH is 1. The van der Waals surface area contributed by atoms with Crippen molar-refractivity contribution in [2.75, 3.05) is 31.1 Å². The number of thiophene rings is 1. The van der Waals surface area contributed by atoms with E-state index in [0.717, 1.165) is 5.56 Å². The van der Waals surface area contributed by atoms with E-state index in [-0.39, 0.29) is 25.3 Å². The fourth-order valence-electron chi connectivity index (χ4n) is 5.17. The van der Waals surface area contributed by atoms with Crippen LogP contribution < -0.4 is 4.90 Å². The first kappa shape index (κ1) is 26.1. The molecule has 3 heterocycles. The largest absolute Gasteiger partial charge is 0.480 e. The van der Waals surface area contributed by atoms with E-state index in [2.05, 4.69) is 0 Å². The van der Waals surface area contributed by atoms with Gasteiger partial charge in [-0.05, 0) is 52.7 Å². The summed E-state index contributed by atoms with van der Waals surface area (Å²) in [5.74, 6) is -1.25. The summed E-state index contributed by atoms with van der Waals surface area (Å²) in [6.07, 6.45) is -0.840. The maximum absolute atomic E-state index is 14.1. The van der Waals surface area contributed by atoms with E-state index in [1.807, 2.05) is 40.8 Å². The van der Waals surface area contributed by atoms with Crippen molar-refractivity contribution in [2.45, 2.75) is 32.3 Å². The number of fused-ring (bicyclic) bond motifs is 2. The lowest BCUT2D eigenvalue weighted by Gasteiger charge is -2.44. The number of hydrogen-bond donors (Lipinski definition) is 2. The summed E-state index contributed by atoms with van der Waals surface area (Å²) in [5, 5.41) is 25.3. The minimum atomic E-state index is -1.18. The number of Topliss-reactive ketones (excluding diaryl/α,β-unsaturated/α-hetero) is 1. The van der Waals surface area contributed by atoms with Crippen LogP contribution in [0, 0.1) is 0 Å². The third-order valence-electron chi connectivity index (χ3n) is 7.19. The molecule has 38 heavy (non-hydrogen) atoms. The number of ketones is 1. The second kappa shape index (κ2) is 11.0. The second-order valence-corrected chi connectivity index (χ2v) is 10.2. The first-order chi connectivity index (χ1) is 18.4. The number of carboxylic acids is 1. The van der Waals surface area contributed by atoms with Gasteiger partial charge in [0.25, 0.3) is 0 Å². The molecule has 2 aliphatic heterocycles. The minimum absolute atomic E-state index is 0.0293. The summed E-state index contributed by atoms with van der Waals surface area (Å²) >= 11 is 1.58. The summed E-state index contributed by atoms with van der Waals surface area (Å²) < 4.78 is 0. The van der Waals surface area contributed by atoms with Crippen molar-refractivity contribution < 1.29 is 24.6 Å². The van der Waals surface area contributed by atoms with Gasteiger partial charge in [-0.25, -0.2) is 9.59 Å². The number of para-hydroxylation sites is 2. The molecule has 0 aliphatic carbocycles. The standard InChI is InChI=1S/C28H30N4O5S/c1-2-29(16-19-11-14-38-18-19)27(36)30-12-13-31(24(17-30)26(34)35)28(37)32-22-9-5-3-7-20(22)15-25(33)21-8-4-6-10-23(21)32/h3-11,14,18,24,27,36H,2,12-13,15-17H2,1H3,(H,34,35)/t24-,27?/m0/s1. The number of anilines is 2. The van der Waals surface area contributed by atoms with Crippen LogP contribution in [0.4, 0.5) is 16.2 Å². The Morgan fingerprint density at radius 2 is 1.82 bits per heavy atom. The lowest BCUT2D eigenvalue weighted by molar-refractivity contribution is -0.155. The number of urea groups is 1. The van der Waals surface area contributed by atoms with Crippen LogP contribution >= 0.6 is 11.3 Å². The number of amides is 2. The van der Waals surface area contributed by atoms with Gasteiger partial charge in [0.05, 0.1) is 11.4 Å². The Bertz CT molecular complexity index is 1330. The Kier molecular flexibility index (Phi) is 7.57. The van der Waals surface area contributed by atoms with Crippen LogP contribution in [0.2, 0.25) is 0 Å². The number of carbonyl (C=O) groups excluding carboxylic acids is 2. The molecule has 5 rings (SSSR count). The zero-order chi connectivity index (χ0) is 26.8. The number of aliphatic hydroxyl groups is 1. The van der Waals surface area contributed by atoms with Crippen LogP contribution in [0.25, 0.3) is 0 Å². The molecule has 1 saturated heterocycles. The molecule has 2 aromatic carbocycles. The predicted molar refractivity (Wildman–Crippen MR) is 145 cm³/mol. The summed E-state index contributed by atoms with van der Waals surface area (Å²) in [6.45, 7) is 3.43. The van der Waals surface area contributed by atoms with Gasteiger partial charge in [0.15, 0.2) is 12.1 Å². The molecule has 0 spiro atoms. The van der Waals surface area contributed by atoms with E-state index in [1.165, 1.54) is 9.80 Å². The van der Waals surface area contributed by atoms with Crippen molar-refractivity contribution in [1.29, 1.82) is 0 Å². The van der Waals surface area contributed by atoms with Gasteiger partial charge in [0.2, 0.25) is 0 Å². The Hall–Kier alpha value is -3.57. The van der Waals surface area contributed by atoms with Crippen molar-refractivity contribution in [3.8, 4) is 0 Å². The maximum Gasteiger partial charge on any atom is 0.329 e. The quantitative estimate of drug-likeness (QED) is 0.466. The highest BCUT2D eigenvalue weighted by molar-refractivity contribution is 7.07. The van der Waals surface area contributed by atoms with E-state index < -0.39 is 24.4 Å². The van der Waals surface area contributed by atoms with Gasteiger partial charge in [-0.1, -0.05) is 37.3 Å². The smallest absolute Gasteiger partial charge is 0.329 e. The lowest BCUT2D eigenvalue weighted by atomic mass is 10.0. The SMILES string of the molecule is CCN(Cc1ccsc1)C(O)N1CCN(C(=O)N2c3ccccc3CC(=O)c3ccccc32)[C@H](C(=O)O)C1. The summed E-state index contributed by atoms with van der Waals surface area (Å²) in [7, 11) is 0. The number of hydrogen-bond acceptors (Lipinski definition) is 7. The molecule has 2 aliphatic rings. The highest BCUT2D eigenvalue weighted by Crippen LogP contribution is 2.37. The molecular formula is C28H30N4O5S. The first-order valence-electron chi connectivity index (χ1n) is 12.6. The first-order valence-corrected chi connectivity index (χ1v) is 13.5. The van der Waals surface area contributed by atoms with Crippen LogP contribution in [0.15, 0.2) is 65.4 Å². The molecule has 0 bridgehead atoms. The number of carboxylic acid groups (broad SMARTS) is 1. The number of aliphatic carboxylic acids is 1. The number of piperazine rings is 1. The van der Waals surface area contributed by atoms with E-state index in [4.69, 9.17) is 0 Å². The molecular weight excluding hydrogens is 504 g/mol. The molecule has 198 valence electrons. The van der Waals surface area contributed by atoms with Gasteiger partial charge in [-0.3, -0.25) is 19.5 Å². The number of carbonyl (C=O) groups is 3. The number of benzene rings is 2. The van der Waals surface area contributed by atoms with E-state index in [1.54, 1.807) is 52.6 Å². The maximum atomic E-state index is 14.1. The topological polar surface area (TPSA) is 105 Å². The number of nitrogens with zero attached hydrogens (tertiary/aromatic N) is 4. The monoisotopic (exact) mass is 534 g/mol. The lowest BCUT2D eigenvalue weighted by Crippen LogP contribution is -2.64. The highest BCUT2D eigenvalue weighted by atomic mass is 32.1. The van der Waals surface area contributed by atoms with E-state index in [9.17, 15) is 24.6 Å². The fourth-order valence-corrected chi connectivity index (χ4v) is 5.83. The van der Waals surface area contributed by atoms with Crippen LogP contribution in [-0.4, -0.2) is 81.3 Å². The highest BCUT2D eigenvalue weighted by Gasteiger charge is 2.42. The van der Waals surface area contributed by atoms with Gasteiger partial charge in [-0.2, -0.15) is 11.3 Å². The number of rotatable bonds is 6. The molecule has 1 unspecified atom stereocenters. The molecule has 1 fully saturated rings. The van der Waals surface area contributed by atoms with Crippen molar-refractivity contribution in [3.05, 3.63) is 82.0 Å². The average Bonchev–Trinajstić information content (AvgIpc) is 3.41. The Labute approximate surface area is 225 Å². The van der Waals surface area contributed by atoms with Crippen molar-refractivity contribution >= 4 is 40.5 Å². The zero-order valence-corrected chi connectivity index (χ0v) is 21.9. The molecule has 9 nitrogen and oxygen atoms in total. The summed E-state index contributed by atoms with van der Waals surface area (Å²) in [4.78, 5) is 46.0. The molecule has 2 N–H and O–H groups in total. The third kappa shape index (κ3) is 4.95. The average molecular weight is 535 g/mol. The molecule has 2 amide bonds. The second-order valence-electron chi connectivity index (χ2n) is 9.45. The zero-order valence-electron chi connectivity index (χ0n) is 21.1. The van der Waals surface area contributed by atoms with E-state index >= 15 is 0 Å². The van der Waals surface area contributed by atoms with Crippen molar-refractivity contribution in [3.63, 3.8) is 0 Å². The van der Waals surface area contributed by atoms with Crippen LogP contribution in [0.1, 0.15) is 28.4 Å². The van der Waals surface area contributed by atoms with Crippen molar-refractivity contribution in [2.24, 2.45) is 0 Å². The molecule has 2 atom stereocenters. The summed E-state index contributed by atoms with van der Waals surface area (Å²) in [6, 6.07) is 14.5. The minimum Gasteiger partial charge on any atom is -0.480 e. The fraction of sp³-hybridized carbons (Fsp3) is 0.321. The Balaban J connectivity index is 1.43. The van der Waals surface area contributed by atoms with Gasteiger partial charge in [-0.15, -0.1) is 0 Å². The van der Waals surface area contributed by atoms with E-state index in [0.29, 0.717) is 42.1 Å². The van der Waals surface area contributed by atoms with Gasteiger partial charge in [0.1, 0.15) is 6.04 Å². The third-order valence-corrected chi connectivity index (χ3v) is 7.92. The summed E-state index contributed by atoms with van der Waals surface area (Å²) in [5.41, 5.74) is 3.20. The van der Waals surface area contributed by atoms with Gasteiger partial charge < -0.3 is 15.1 Å². The van der Waals surface area contributed by atoms with Crippen LogP contribution in [0.5, 0.6) is 0 Å². The van der Waals surface area contributed by atoms with Crippen LogP contribution in [-0.2, 0) is 17.8 Å². The van der Waals surface area contributed by atoms with Crippen molar-refractivity contribution in [1.82, 2.24) is 14.7 Å². The molecule has 10 heteroatoms. The molecule has 1 aromatic heterocycles. The molecule has 0 saturated carbocycles.